The molecule has 4 fully saturated rings. The number of hydrogen-bond donors (Lipinski definition) is 1. The van der Waals surface area contributed by atoms with Gasteiger partial charge < -0.3 is 19.3 Å². The predicted molar refractivity (Wildman–Crippen MR) is 257 cm³/mol. The topological polar surface area (TPSA) is 65.0 Å². The van der Waals surface area contributed by atoms with E-state index in [-0.39, 0.29) is 29.3 Å². The first-order chi connectivity index (χ1) is 31.8. The fourth-order valence-corrected chi connectivity index (χ4v) is 14.0. The first-order valence-electron chi connectivity index (χ1n) is 24.3. The van der Waals surface area contributed by atoms with Crippen molar-refractivity contribution < 1.29 is 24.1 Å². The lowest BCUT2D eigenvalue weighted by molar-refractivity contribution is -0.262. The van der Waals surface area contributed by atoms with Crippen LogP contribution in [0.25, 0.3) is 0 Å². The third-order valence-corrected chi connectivity index (χ3v) is 17.0. The third-order valence-electron chi connectivity index (χ3n) is 17.0. The quantitative estimate of drug-likeness (QED) is 0.0925. The summed E-state index contributed by atoms with van der Waals surface area (Å²) in [6.45, 7) is 5.07. The maximum atomic E-state index is 14.0. The molecule has 6 aromatic rings. The number of hydrogen-bond acceptors (Lipinski definition) is 5. The van der Waals surface area contributed by atoms with Crippen molar-refractivity contribution in [3.8, 4) is 0 Å². The van der Waals surface area contributed by atoms with Gasteiger partial charge in [-0.1, -0.05) is 189 Å². The van der Waals surface area contributed by atoms with Gasteiger partial charge in [0.05, 0.1) is 30.8 Å². The minimum Gasteiger partial charge on any atom is -0.466 e. The van der Waals surface area contributed by atoms with Crippen molar-refractivity contribution in [2.75, 3.05) is 13.2 Å². The molecule has 0 heterocycles. The fourth-order valence-electron chi connectivity index (χ4n) is 14.0. The van der Waals surface area contributed by atoms with Crippen molar-refractivity contribution in [2.24, 2.45) is 34.5 Å². The molecule has 0 radical (unpaired) electrons. The highest BCUT2D eigenvalue weighted by atomic mass is 16.5. The SMILES string of the molecule is CCOC(=O)[C@H]1CC[C@H]2[C@@H]3CC[C@]4(O)C[C@@H](OC(c5ccccc5)(c5ccccc5)c5ccccc5)CC[C@]4(COC(c4ccccc4)(c4ccccc4)c4ccccc4)[C@H]3CC[C@]12C. The lowest BCUT2D eigenvalue weighted by Crippen LogP contribution is -2.66. The Bertz CT molecular complexity index is 2300. The molecule has 65 heavy (non-hydrogen) atoms. The standard InChI is InChI=1S/C60H64O5/c1-3-63-55(61)54-35-34-52-51-37-41-58(62)42-50(65-60(47-28-16-7-17-29-47,48-30-18-8-19-31-48)49-32-20-9-21-33-49)36-40-57(58,53(51)38-39-56(52,54)2)43-64-59(44-22-10-4-11-23-44,45-24-12-5-13-25-45)46-26-14-6-15-27-46/h4-33,50-54,62H,3,34-43H2,1-2H3/t50-,51-,52-,53-,54+,56-,57-,58-/m0/s1. The number of carbonyl (C=O) groups is 1. The molecule has 0 aromatic heterocycles. The first kappa shape index (κ1) is 43.6. The van der Waals surface area contributed by atoms with Crippen molar-refractivity contribution >= 4 is 5.97 Å². The number of ether oxygens (including phenoxy) is 3. The van der Waals surface area contributed by atoms with Crippen molar-refractivity contribution in [1.82, 2.24) is 0 Å². The molecule has 0 aliphatic heterocycles. The largest absolute Gasteiger partial charge is 0.466 e. The number of benzene rings is 6. The molecule has 4 aliphatic rings. The van der Waals surface area contributed by atoms with Gasteiger partial charge in [-0.2, -0.15) is 0 Å². The smallest absolute Gasteiger partial charge is 0.309 e. The Kier molecular flexibility index (Phi) is 11.9. The van der Waals surface area contributed by atoms with Gasteiger partial charge in [0.1, 0.15) is 11.2 Å². The second-order valence-electron chi connectivity index (χ2n) is 19.9. The van der Waals surface area contributed by atoms with Crippen LogP contribution in [0.5, 0.6) is 0 Å². The van der Waals surface area contributed by atoms with Crippen LogP contribution in [-0.2, 0) is 30.2 Å². The summed E-state index contributed by atoms with van der Waals surface area (Å²) in [5.41, 5.74) is 2.73. The highest BCUT2D eigenvalue weighted by Gasteiger charge is 2.68. The summed E-state index contributed by atoms with van der Waals surface area (Å²) < 4.78 is 21.4. The van der Waals surface area contributed by atoms with E-state index in [0.717, 1.165) is 78.3 Å². The average molecular weight is 865 g/mol. The maximum absolute atomic E-state index is 14.0. The van der Waals surface area contributed by atoms with Crippen molar-refractivity contribution in [1.29, 1.82) is 0 Å². The molecule has 0 amide bonds. The van der Waals surface area contributed by atoms with E-state index in [2.05, 4.69) is 189 Å². The molecule has 5 heteroatoms. The number of carbonyl (C=O) groups excluding carboxylic acids is 1. The highest BCUT2D eigenvalue weighted by Crippen LogP contribution is 2.69. The van der Waals surface area contributed by atoms with E-state index in [1.165, 1.54) is 0 Å². The van der Waals surface area contributed by atoms with E-state index < -0.39 is 22.2 Å². The molecule has 1 N–H and O–H groups in total. The predicted octanol–water partition coefficient (Wildman–Crippen LogP) is 12.7. The van der Waals surface area contributed by atoms with E-state index in [1.54, 1.807) is 0 Å². The highest BCUT2D eigenvalue weighted by molar-refractivity contribution is 5.74. The Morgan fingerprint density at radius 3 is 1.45 bits per heavy atom. The van der Waals surface area contributed by atoms with Crippen LogP contribution in [-0.4, -0.2) is 36.0 Å². The summed E-state index contributed by atoms with van der Waals surface area (Å²) in [4.78, 5) is 13.6. The van der Waals surface area contributed by atoms with Crippen molar-refractivity contribution in [2.45, 2.75) is 94.5 Å². The zero-order valence-corrected chi connectivity index (χ0v) is 38.1. The second-order valence-corrected chi connectivity index (χ2v) is 19.9. The molecule has 334 valence electrons. The minimum absolute atomic E-state index is 0.0314. The maximum Gasteiger partial charge on any atom is 0.309 e. The van der Waals surface area contributed by atoms with Crippen LogP contribution < -0.4 is 0 Å². The Hall–Kier alpha value is -5.33. The average Bonchev–Trinajstić information content (AvgIpc) is 3.72. The van der Waals surface area contributed by atoms with Gasteiger partial charge in [0.15, 0.2) is 0 Å². The van der Waals surface area contributed by atoms with Crippen LogP contribution in [0.4, 0.5) is 0 Å². The monoisotopic (exact) mass is 864 g/mol. The molecule has 6 aromatic carbocycles. The number of rotatable bonds is 13. The van der Waals surface area contributed by atoms with Gasteiger partial charge in [-0.05, 0) is 115 Å². The zero-order chi connectivity index (χ0) is 44.5. The van der Waals surface area contributed by atoms with E-state index in [0.29, 0.717) is 37.9 Å². The Balaban J connectivity index is 1.09. The van der Waals surface area contributed by atoms with Crippen LogP contribution in [0.1, 0.15) is 105 Å². The molecule has 4 aliphatic carbocycles. The summed E-state index contributed by atoms with van der Waals surface area (Å²) in [5, 5.41) is 14.0. The molecule has 0 bridgehead atoms. The summed E-state index contributed by atoms with van der Waals surface area (Å²) in [6.07, 6.45) is 7.07. The molecular formula is C60H64O5. The van der Waals surface area contributed by atoms with Crippen LogP contribution in [0.2, 0.25) is 0 Å². The van der Waals surface area contributed by atoms with E-state index >= 15 is 0 Å². The van der Waals surface area contributed by atoms with Crippen molar-refractivity contribution in [3.63, 3.8) is 0 Å². The lowest BCUT2D eigenvalue weighted by Gasteiger charge is -2.65. The first-order valence-corrected chi connectivity index (χ1v) is 24.3. The summed E-state index contributed by atoms with van der Waals surface area (Å²) >= 11 is 0. The van der Waals surface area contributed by atoms with E-state index in [9.17, 15) is 9.90 Å². The zero-order valence-electron chi connectivity index (χ0n) is 38.1. The lowest BCUT2D eigenvalue weighted by atomic mass is 9.42. The summed E-state index contributed by atoms with van der Waals surface area (Å²) in [5.74, 6) is 0.801. The van der Waals surface area contributed by atoms with Crippen LogP contribution >= 0.6 is 0 Å². The Labute approximate surface area is 386 Å². The summed E-state index contributed by atoms with van der Waals surface area (Å²) in [6, 6.07) is 63.9. The normalized spacial score (nSPS) is 28.6. The molecular weight excluding hydrogens is 801 g/mol. The molecule has 0 spiro atoms. The molecule has 4 saturated carbocycles. The van der Waals surface area contributed by atoms with Crippen LogP contribution in [0.15, 0.2) is 182 Å². The molecule has 0 saturated heterocycles. The van der Waals surface area contributed by atoms with Gasteiger partial charge >= 0.3 is 5.97 Å². The van der Waals surface area contributed by atoms with Gasteiger partial charge in [-0.15, -0.1) is 0 Å². The van der Waals surface area contributed by atoms with Crippen LogP contribution in [0.3, 0.4) is 0 Å². The van der Waals surface area contributed by atoms with Crippen LogP contribution in [0, 0.1) is 34.5 Å². The van der Waals surface area contributed by atoms with Gasteiger partial charge in [0.25, 0.3) is 0 Å². The second kappa shape index (κ2) is 17.8. The number of fused-ring (bicyclic) bond motifs is 5. The van der Waals surface area contributed by atoms with Gasteiger partial charge in [0, 0.05) is 11.8 Å². The number of aliphatic hydroxyl groups is 1. The third kappa shape index (κ3) is 7.30. The summed E-state index contributed by atoms with van der Waals surface area (Å²) in [7, 11) is 0. The minimum atomic E-state index is -1.09. The van der Waals surface area contributed by atoms with Gasteiger partial charge in [-0.25, -0.2) is 0 Å². The Morgan fingerprint density at radius 1 is 0.554 bits per heavy atom. The molecule has 0 unspecified atom stereocenters. The number of esters is 1. The van der Waals surface area contributed by atoms with E-state index in [1.807, 2.05) is 6.92 Å². The molecule has 8 atom stereocenters. The van der Waals surface area contributed by atoms with Gasteiger partial charge in [0.2, 0.25) is 0 Å². The Morgan fingerprint density at radius 2 is 1.00 bits per heavy atom. The van der Waals surface area contributed by atoms with Gasteiger partial charge in [-0.3, -0.25) is 4.79 Å². The van der Waals surface area contributed by atoms with Crippen molar-refractivity contribution in [3.05, 3.63) is 215 Å². The fraction of sp³-hybridized carbons (Fsp3) is 0.383. The van der Waals surface area contributed by atoms with E-state index in [4.69, 9.17) is 14.2 Å². The molecule has 10 rings (SSSR count). The molecule has 5 nitrogen and oxygen atoms in total.